The van der Waals surface area contributed by atoms with Crippen molar-refractivity contribution in [3.63, 3.8) is 0 Å². The standard InChI is InChI=1S/C13H18BrN/c1-11-9-15(8-7-13(11)14)10-12-5-3-2-4-6-12/h2-6,11,13H,7-10H2,1H3/t11-,13+/m0/s1. The van der Waals surface area contributed by atoms with Crippen LogP contribution in [-0.2, 0) is 6.54 Å². The van der Waals surface area contributed by atoms with Crippen LogP contribution in [0.25, 0.3) is 0 Å². The summed E-state index contributed by atoms with van der Waals surface area (Å²) in [5, 5.41) is 0. The third-order valence-electron chi connectivity index (χ3n) is 3.13. The Balaban J connectivity index is 1.91. The lowest BCUT2D eigenvalue weighted by Gasteiger charge is -2.34. The first-order chi connectivity index (χ1) is 7.25. The van der Waals surface area contributed by atoms with Crippen molar-refractivity contribution in [2.24, 2.45) is 5.92 Å². The molecule has 2 heteroatoms. The van der Waals surface area contributed by atoms with Crippen molar-refractivity contribution in [2.45, 2.75) is 24.7 Å². The molecular formula is C13H18BrN. The molecular weight excluding hydrogens is 250 g/mol. The van der Waals surface area contributed by atoms with Gasteiger partial charge in [0.15, 0.2) is 0 Å². The van der Waals surface area contributed by atoms with Gasteiger partial charge in [0, 0.05) is 17.9 Å². The van der Waals surface area contributed by atoms with Crippen LogP contribution in [0.1, 0.15) is 18.9 Å². The van der Waals surface area contributed by atoms with Crippen LogP contribution in [0, 0.1) is 5.92 Å². The summed E-state index contributed by atoms with van der Waals surface area (Å²) in [6, 6.07) is 10.7. The van der Waals surface area contributed by atoms with Crippen molar-refractivity contribution in [3.05, 3.63) is 35.9 Å². The molecule has 1 fully saturated rings. The topological polar surface area (TPSA) is 3.24 Å². The van der Waals surface area contributed by atoms with Crippen LogP contribution in [0.3, 0.4) is 0 Å². The number of piperidine rings is 1. The van der Waals surface area contributed by atoms with Crippen molar-refractivity contribution in [3.8, 4) is 0 Å². The van der Waals surface area contributed by atoms with Gasteiger partial charge in [0.25, 0.3) is 0 Å². The van der Waals surface area contributed by atoms with E-state index in [9.17, 15) is 0 Å². The maximum absolute atomic E-state index is 3.74. The zero-order valence-electron chi connectivity index (χ0n) is 9.20. The summed E-state index contributed by atoms with van der Waals surface area (Å²) in [4.78, 5) is 3.27. The highest BCUT2D eigenvalue weighted by Gasteiger charge is 2.23. The Morgan fingerprint density at radius 2 is 2.07 bits per heavy atom. The Labute approximate surface area is 101 Å². The molecule has 0 bridgehead atoms. The number of likely N-dealkylation sites (tertiary alicyclic amines) is 1. The second kappa shape index (κ2) is 5.13. The number of rotatable bonds is 2. The average Bonchev–Trinajstić information content (AvgIpc) is 2.25. The highest BCUT2D eigenvalue weighted by molar-refractivity contribution is 9.09. The first-order valence-electron chi connectivity index (χ1n) is 5.66. The van der Waals surface area contributed by atoms with Gasteiger partial charge in [-0.15, -0.1) is 0 Å². The van der Waals surface area contributed by atoms with E-state index in [1.54, 1.807) is 0 Å². The summed E-state index contributed by atoms with van der Waals surface area (Å²) >= 11 is 3.74. The second-order valence-corrected chi connectivity index (χ2v) is 5.68. The lowest BCUT2D eigenvalue weighted by atomic mass is 9.99. The Kier molecular flexibility index (Phi) is 3.81. The van der Waals surface area contributed by atoms with E-state index in [0.29, 0.717) is 4.83 Å². The Hall–Kier alpha value is -0.340. The minimum Gasteiger partial charge on any atom is -0.299 e. The van der Waals surface area contributed by atoms with Gasteiger partial charge in [-0.3, -0.25) is 4.90 Å². The van der Waals surface area contributed by atoms with E-state index in [1.165, 1.54) is 25.1 Å². The lowest BCUT2D eigenvalue weighted by Crippen LogP contribution is -2.39. The molecule has 15 heavy (non-hydrogen) atoms. The zero-order valence-corrected chi connectivity index (χ0v) is 10.8. The van der Waals surface area contributed by atoms with Crippen LogP contribution in [0.5, 0.6) is 0 Å². The summed E-state index contributed by atoms with van der Waals surface area (Å²) in [5.41, 5.74) is 1.43. The van der Waals surface area contributed by atoms with Crippen LogP contribution in [-0.4, -0.2) is 22.8 Å². The van der Waals surface area contributed by atoms with E-state index in [2.05, 4.69) is 58.1 Å². The van der Waals surface area contributed by atoms with E-state index >= 15 is 0 Å². The predicted octanol–water partition coefficient (Wildman–Crippen LogP) is 3.29. The Bertz CT molecular complexity index is 299. The third-order valence-corrected chi connectivity index (χ3v) is 4.49. The van der Waals surface area contributed by atoms with E-state index < -0.39 is 0 Å². The smallest absolute Gasteiger partial charge is 0.0233 e. The molecule has 2 rings (SSSR count). The molecule has 2 atom stereocenters. The van der Waals surface area contributed by atoms with Crippen molar-refractivity contribution in [1.82, 2.24) is 4.90 Å². The average molecular weight is 268 g/mol. The summed E-state index contributed by atoms with van der Waals surface area (Å²) in [6.45, 7) is 5.86. The predicted molar refractivity (Wildman–Crippen MR) is 68.2 cm³/mol. The molecule has 1 saturated heterocycles. The number of hydrogen-bond donors (Lipinski definition) is 0. The maximum atomic E-state index is 3.74. The zero-order chi connectivity index (χ0) is 10.7. The van der Waals surface area contributed by atoms with Gasteiger partial charge in [0.05, 0.1) is 0 Å². The van der Waals surface area contributed by atoms with Crippen LogP contribution in [0.4, 0.5) is 0 Å². The van der Waals surface area contributed by atoms with Crippen LogP contribution in [0.2, 0.25) is 0 Å². The number of alkyl halides is 1. The molecule has 0 amide bonds. The minimum atomic E-state index is 0.713. The molecule has 0 N–H and O–H groups in total. The highest BCUT2D eigenvalue weighted by atomic mass is 79.9. The van der Waals surface area contributed by atoms with Crippen molar-refractivity contribution < 1.29 is 0 Å². The normalized spacial score (nSPS) is 27.9. The van der Waals surface area contributed by atoms with Gasteiger partial charge in [0.1, 0.15) is 0 Å². The quantitative estimate of drug-likeness (QED) is 0.744. The summed E-state index contributed by atoms with van der Waals surface area (Å²) < 4.78 is 0. The largest absolute Gasteiger partial charge is 0.299 e. The van der Waals surface area contributed by atoms with Crippen LogP contribution < -0.4 is 0 Å². The van der Waals surface area contributed by atoms with Gasteiger partial charge < -0.3 is 0 Å². The molecule has 1 aliphatic heterocycles. The molecule has 1 aromatic carbocycles. The van der Waals surface area contributed by atoms with E-state index in [0.717, 1.165) is 12.5 Å². The molecule has 0 saturated carbocycles. The lowest BCUT2D eigenvalue weighted by molar-refractivity contribution is 0.183. The van der Waals surface area contributed by atoms with Crippen molar-refractivity contribution >= 4 is 15.9 Å². The molecule has 1 nitrogen and oxygen atoms in total. The van der Waals surface area contributed by atoms with Crippen LogP contribution >= 0.6 is 15.9 Å². The van der Waals surface area contributed by atoms with Crippen molar-refractivity contribution in [1.29, 1.82) is 0 Å². The first-order valence-corrected chi connectivity index (χ1v) is 6.57. The Morgan fingerprint density at radius 1 is 1.33 bits per heavy atom. The van der Waals surface area contributed by atoms with Gasteiger partial charge in [-0.1, -0.05) is 53.2 Å². The van der Waals surface area contributed by atoms with E-state index in [1.807, 2.05) is 0 Å². The fourth-order valence-corrected chi connectivity index (χ4v) is 2.56. The van der Waals surface area contributed by atoms with Gasteiger partial charge in [-0.25, -0.2) is 0 Å². The number of hydrogen-bond acceptors (Lipinski definition) is 1. The molecule has 1 aromatic rings. The van der Waals surface area contributed by atoms with Gasteiger partial charge >= 0.3 is 0 Å². The molecule has 82 valence electrons. The molecule has 0 radical (unpaired) electrons. The highest BCUT2D eigenvalue weighted by Crippen LogP contribution is 2.24. The number of halogens is 1. The fraction of sp³-hybridized carbons (Fsp3) is 0.538. The number of benzene rings is 1. The van der Waals surface area contributed by atoms with Crippen molar-refractivity contribution in [2.75, 3.05) is 13.1 Å². The summed E-state index contributed by atoms with van der Waals surface area (Å²) in [7, 11) is 0. The molecule has 0 spiro atoms. The first kappa shape index (κ1) is 11.2. The summed E-state index contributed by atoms with van der Waals surface area (Å²) in [5.74, 6) is 0.766. The van der Waals surface area contributed by atoms with Gasteiger partial charge in [-0.2, -0.15) is 0 Å². The second-order valence-electron chi connectivity index (χ2n) is 4.50. The molecule has 1 heterocycles. The molecule has 0 unspecified atom stereocenters. The molecule has 0 aromatic heterocycles. The van der Waals surface area contributed by atoms with E-state index in [4.69, 9.17) is 0 Å². The SMILES string of the molecule is C[C@H]1CN(Cc2ccccc2)CC[C@H]1Br. The van der Waals surface area contributed by atoms with E-state index in [-0.39, 0.29) is 0 Å². The molecule has 1 aliphatic rings. The monoisotopic (exact) mass is 267 g/mol. The number of nitrogens with zero attached hydrogens (tertiary/aromatic N) is 1. The minimum absolute atomic E-state index is 0.713. The Morgan fingerprint density at radius 3 is 2.73 bits per heavy atom. The maximum Gasteiger partial charge on any atom is 0.0233 e. The van der Waals surface area contributed by atoms with Gasteiger partial charge in [-0.05, 0) is 24.4 Å². The molecule has 0 aliphatic carbocycles. The summed E-state index contributed by atoms with van der Waals surface area (Å²) in [6.07, 6.45) is 1.27. The fourth-order valence-electron chi connectivity index (χ4n) is 2.19. The van der Waals surface area contributed by atoms with Gasteiger partial charge in [0.2, 0.25) is 0 Å². The van der Waals surface area contributed by atoms with Crippen LogP contribution in [0.15, 0.2) is 30.3 Å². The third kappa shape index (κ3) is 3.05.